The van der Waals surface area contributed by atoms with Crippen molar-refractivity contribution in [1.29, 1.82) is 0 Å². The van der Waals surface area contributed by atoms with Crippen LogP contribution in [0.25, 0.3) is 0 Å². The van der Waals surface area contributed by atoms with Crippen molar-refractivity contribution in [2.24, 2.45) is 0 Å². The van der Waals surface area contributed by atoms with Crippen LogP contribution in [-0.4, -0.2) is 0 Å². The number of benzene rings is 1. The molecule has 1 aliphatic rings. The van der Waals surface area contributed by atoms with Gasteiger partial charge in [-0.3, -0.25) is 0 Å². The Hall–Kier alpha value is -1.44. The van der Waals surface area contributed by atoms with E-state index < -0.39 is 11.6 Å². The van der Waals surface area contributed by atoms with Gasteiger partial charge in [0.1, 0.15) is 11.6 Å². The number of hydrogen-bond acceptors (Lipinski definition) is 0. The fourth-order valence-electron chi connectivity index (χ4n) is 1.85. The minimum absolute atomic E-state index is 0.0376. The van der Waals surface area contributed by atoms with Crippen LogP contribution in [0.5, 0.6) is 0 Å². The average molecular weight is 206 g/mol. The van der Waals surface area contributed by atoms with Gasteiger partial charge in [0, 0.05) is 12.0 Å². The highest BCUT2D eigenvalue weighted by atomic mass is 19.1. The lowest BCUT2D eigenvalue weighted by Crippen LogP contribution is -2.02. The summed E-state index contributed by atoms with van der Waals surface area (Å²) < 4.78 is 26.2. The molecule has 1 aliphatic carbocycles. The summed E-state index contributed by atoms with van der Waals surface area (Å²) in [5.74, 6) is -0.946. The molecule has 2 heteroatoms. The normalized spacial score (nSPS) is 20.2. The Morgan fingerprint density at radius 2 is 2.07 bits per heavy atom. The molecule has 0 fully saturated rings. The first-order valence-electron chi connectivity index (χ1n) is 4.96. The van der Waals surface area contributed by atoms with Crippen molar-refractivity contribution in [2.75, 3.05) is 0 Å². The zero-order chi connectivity index (χ0) is 10.8. The minimum Gasteiger partial charge on any atom is -0.207 e. The second-order valence-corrected chi connectivity index (χ2v) is 3.87. The predicted octanol–water partition coefficient (Wildman–Crippen LogP) is 3.95. The number of hydrogen-bond donors (Lipinski definition) is 0. The highest BCUT2D eigenvalue weighted by molar-refractivity contribution is 5.32. The lowest BCUT2D eigenvalue weighted by atomic mass is 9.88. The van der Waals surface area contributed by atoms with Gasteiger partial charge in [-0.2, -0.15) is 0 Å². The minimum atomic E-state index is -0.525. The number of allylic oxidation sites excluding steroid dienone is 4. The molecule has 0 amide bonds. The van der Waals surface area contributed by atoms with Crippen molar-refractivity contribution in [3.63, 3.8) is 0 Å². The van der Waals surface area contributed by atoms with Crippen LogP contribution >= 0.6 is 0 Å². The molecule has 0 aliphatic heterocycles. The fraction of sp³-hybridized carbons (Fsp3) is 0.231. The van der Waals surface area contributed by atoms with Gasteiger partial charge in [0.25, 0.3) is 0 Å². The zero-order valence-corrected chi connectivity index (χ0v) is 8.50. The highest BCUT2D eigenvalue weighted by Gasteiger charge is 2.15. The molecule has 0 radical (unpaired) electrons. The summed E-state index contributed by atoms with van der Waals surface area (Å²) in [4.78, 5) is 0. The van der Waals surface area contributed by atoms with Crippen LogP contribution in [0.3, 0.4) is 0 Å². The molecule has 78 valence electrons. The van der Waals surface area contributed by atoms with E-state index in [1.165, 1.54) is 17.7 Å². The van der Waals surface area contributed by atoms with Gasteiger partial charge < -0.3 is 0 Å². The Balaban J connectivity index is 2.31. The van der Waals surface area contributed by atoms with Gasteiger partial charge in [-0.25, -0.2) is 8.78 Å². The third-order valence-electron chi connectivity index (χ3n) is 2.63. The second-order valence-electron chi connectivity index (χ2n) is 3.87. The van der Waals surface area contributed by atoms with Gasteiger partial charge in [-0.1, -0.05) is 29.9 Å². The molecular weight excluding hydrogens is 194 g/mol. The van der Waals surface area contributed by atoms with Crippen molar-refractivity contribution in [1.82, 2.24) is 0 Å². The molecular formula is C13H12F2. The SMILES string of the molecule is CC1=CC=CC(c2ccc(F)cc2F)C1. The number of rotatable bonds is 1. The summed E-state index contributed by atoms with van der Waals surface area (Å²) in [5.41, 5.74) is 1.78. The second kappa shape index (κ2) is 3.97. The third kappa shape index (κ3) is 2.14. The van der Waals surface area contributed by atoms with Crippen molar-refractivity contribution < 1.29 is 8.78 Å². The average Bonchev–Trinajstić information content (AvgIpc) is 2.17. The Bertz CT molecular complexity index is 430. The van der Waals surface area contributed by atoms with Gasteiger partial charge in [0.05, 0.1) is 0 Å². The maximum atomic E-state index is 13.5. The van der Waals surface area contributed by atoms with Gasteiger partial charge >= 0.3 is 0 Å². The lowest BCUT2D eigenvalue weighted by molar-refractivity contribution is 0.564. The van der Waals surface area contributed by atoms with Gasteiger partial charge in [-0.05, 0) is 25.0 Å². The molecule has 1 atom stereocenters. The number of halogens is 2. The molecule has 0 spiro atoms. The van der Waals surface area contributed by atoms with E-state index in [1.807, 2.05) is 25.2 Å². The first kappa shape index (κ1) is 10.1. The standard InChI is InChI=1S/C13H12F2/c1-9-3-2-4-10(7-9)12-6-5-11(14)8-13(12)15/h2-6,8,10H,7H2,1H3. The fourth-order valence-corrected chi connectivity index (χ4v) is 1.85. The third-order valence-corrected chi connectivity index (χ3v) is 2.63. The van der Waals surface area contributed by atoms with E-state index in [0.717, 1.165) is 12.5 Å². The van der Waals surface area contributed by atoms with Gasteiger partial charge in [-0.15, -0.1) is 0 Å². The quantitative estimate of drug-likeness (QED) is 0.652. The van der Waals surface area contributed by atoms with Gasteiger partial charge in [0.15, 0.2) is 0 Å². The van der Waals surface area contributed by atoms with E-state index in [0.29, 0.717) is 5.56 Å². The molecule has 1 unspecified atom stereocenters. The van der Waals surface area contributed by atoms with Crippen LogP contribution in [0.4, 0.5) is 8.78 Å². The zero-order valence-electron chi connectivity index (χ0n) is 8.50. The largest absolute Gasteiger partial charge is 0.207 e. The molecule has 0 saturated carbocycles. The van der Waals surface area contributed by atoms with Crippen molar-refractivity contribution in [2.45, 2.75) is 19.3 Å². The monoisotopic (exact) mass is 206 g/mol. The first-order chi connectivity index (χ1) is 7.16. The van der Waals surface area contributed by atoms with Crippen molar-refractivity contribution in [3.05, 3.63) is 59.2 Å². The summed E-state index contributed by atoms with van der Waals surface area (Å²) in [5, 5.41) is 0. The lowest BCUT2D eigenvalue weighted by Gasteiger charge is -2.17. The molecule has 1 aromatic rings. The van der Waals surface area contributed by atoms with Crippen LogP contribution in [0.15, 0.2) is 42.0 Å². The molecule has 1 aromatic carbocycles. The molecule has 0 saturated heterocycles. The summed E-state index contributed by atoms with van der Waals surface area (Å²) in [7, 11) is 0. The molecule has 0 heterocycles. The Kier molecular flexibility index (Phi) is 2.67. The van der Waals surface area contributed by atoms with Crippen LogP contribution in [0.2, 0.25) is 0 Å². The Morgan fingerprint density at radius 1 is 1.27 bits per heavy atom. The summed E-state index contributed by atoms with van der Waals surface area (Å²) >= 11 is 0. The van der Waals surface area contributed by atoms with E-state index in [2.05, 4.69) is 0 Å². The smallest absolute Gasteiger partial charge is 0.129 e. The van der Waals surface area contributed by atoms with Crippen LogP contribution < -0.4 is 0 Å². The summed E-state index contributed by atoms with van der Waals surface area (Å²) in [6.45, 7) is 2.01. The predicted molar refractivity (Wildman–Crippen MR) is 56.6 cm³/mol. The maximum Gasteiger partial charge on any atom is 0.129 e. The molecule has 2 rings (SSSR count). The summed E-state index contributed by atoms with van der Waals surface area (Å²) in [6.07, 6.45) is 6.69. The van der Waals surface area contributed by atoms with Gasteiger partial charge in [0.2, 0.25) is 0 Å². The highest BCUT2D eigenvalue weighted by Crippen LogP contribution is 2.30. The molecule has 0 bridgehead atoms. The van der Waals surface area contributed by atoms with E-state index in [-0.39, 0.29) is 5.92 Å². The van der Waals surface area contributed by atoms with E-state index in [9.17, 15) is 8.78 Å². The van der Waals surface area contributed by atoms with Crippen molar-refractivity contribution >= 4 is 0 Å². The molecule has 0 N–H and O–H groups in total. The molecule has 0 nitrogen and oxygen atoms in total. The Morgan fingerprint density at radius 3 is 2.73 bits per heavy atom. The molecule has 0 aromatic heterocycles. The van der Waals surface area contributed by atoms with E-state index >= 15 is 0 Å². The van der Waals surface area contributed by atoms with Crippen LogP contribution in [0.1, 0.15) is 24.8 Å². The van der Waals surface area contributed by atoms with Crippen LogP contribution in [0, 0.1) is 11.6 Å². The van der Waals surface area contributed by atoms with E-state index in [4.69, 9.17) is 0 Å². The maximum absolute atomic E-state index is 13.5. The van der Waals surface area contributed by atoms with Crippen molar-refractivity contribution in [3.8, 4) is 0 Å². The first-order valence-corrected chi connectivity index (χ1v) is 4.96. The topological polar surface area (TPSA) is 0 Å². The molecule has 15 heavy (non-hydrogen) atoms. The summed E-state index contributed by atoms with van der Waals surface area (Å²) in [6, 6.07) is 3.77. The Labute approximate surface area is 87.9 Å². The van der Waals surface area contributed by atoms with Crippen LogP contribution in [-0.2, 0) is 0 Å². The van der Waals surface area contributed by atoms with E-state index in [1.54, 1.807) is 0 Å².